The van der Waals surface area contributed by atoms with Crippen LogP contribution in [-0.4, -0.2) is 62.2 Å². The summed E-state index contributed by atoms with van der Waals surface area (Å²) in [6.07, 6.45) is 1.15. The molecule has 1 saturated heterocycles. The maximum atomic E-state index is 14.4. The normalized spacial score (nSPS) is 14.0. The van der Waals surface area contributed by atoms with Crippen molar-refractivity contribution >= 4 is 17.5 Å². The number of anilines is 1. The number of nitrogens with one attached hydrogen (secondary N) is 1. The minimum absolute atomic E-state index is 0.196. The van der Waals surface area contributed by atoms with Gasteiger partial charge in [-0.05, 0) is 47.4 Å². The quantitative estimate of drug-likeness (QED) is 0.207. The molecule has 4 aromatic carbocycles. The van der Waals surface area contributed by atoms with Crippen LogP contribution in [0.3, 0.4) is 0 Å². The number of rotatable bonds is 14. The van der Waals surface area contributed by atoms with E-state index in [0.29, 0.717) is 30.9 Å². The number of aryl methyl sites for hydroxylation is 1. The lowest BCUT2D eigenvalue weighted by Crippen LogP contribution is -2.49. The van der Waals surface area contributed by atoms with Gasteiger partial charge in [0.1, 0.15) is 24.2 Å². The van der Waals surface area contributed by atoms with Gasteiger partial charge in [0.05, 0.1) is 19.8 Å². The first kappa shape index (κ1) is 31.9. The van der Waals surface area contributed by atoms with E-state index in [1.165, 1.54) is 12.1 Å². The molecule has 1 aliphatic heterocycles. The van der Waals surface area contributed by atoms with Gasteiger partial charge in [-0.1, -0.05) is 78.9 Å². The molecule has 234 valence electrons. The third kappa shape index (κ3) is 9.99. The highest BCUT2D eigenvalue weighted by Crippen LogP contribution is 2.25. The molecule has 1 fully saturated rings. The molecule has 0 radical (unpaired) electrons. The van der Waals surface area contributed by atoms with Crippen molar-refractivity contribution in [3.05, 3.63) is 132 Å². The van der Waals surface area contributed by atoms with Crippen LogP contribution in [0.5, 0.6) is 5.75 Å². The van der Waals surface area contributed by atoms with Crippen molar-refractivity contribution in [1.29, 1.82) is 0 Å². The number of morpholine rings is 1. The molecule has 1 N–H and O–H groups in total. The van der Waals surface area contributed by atoms with Crippen LogP contribution in [0.2, 0.25) is 0 Å². The third-order valence-corrected chi connectivity index (χ3v) is 7.83. The van der Waals surface area contributed by atoms with Crippen LogP contribution in [0, 0.1) is 5.82 Å². The van der Waals surface area contributed by atoms with E-state index in [1.807, 2.05) is 84.9 Å². The Kier molecular flexibility index (Phi) is 11.7. The predicted octanol–water partition coefficient (Wildman–Crippen LogP) is 5.43. The van der Waals surface area contributed by atoms with Crippen molar-refractivity contribution in [1.82, 2.24) is 10.2 Å². The molecule has 0 aromatic heterocycles. The zero-order chi connectivity index (χ0) is 31.3. The lowest BCUT2D eigenvalue weighted by molar-refractivity contribution is -0.127. The standard InChI is InChI=1S/C37H40FN3O4/c38-32-17-14-31(15-18-32)28-41(33-12-7-13-34(27-33)45-25-22-40-20-23-44-24-21-40)37(43)35(26-30-10-5-2-6-11-30)39-36(42)19-16-29-8-3-1-4-9-29/h1-15,17-18,27,35H,16,19-26,28H2,(H,39,42)/t35-/m0/s1. The fourth-order valence-electron chi connectivity index (χ4n) is 5.33. The lowest BCUT2D eigenvalue weighted by atomic mass is 10.0. The average Bonchev–Trinajstić information content (AvgIpc) is 3.08. The van der Waals surface area contributed by atoms with Crippen molar-refractivity contribution in [3.8, 4) is 5.75 Å². The van der Waals surface area contributed by atoms with Gasteiger partial charge in [-0.2, -0.15) is 0 Å². The number of hydrogen-bond acceptors (Lipinski definition) is 5. The van der Waals surface area contributed by atoms with Crippen LogP contribution in [0.1, 0.15) is 23.1 Å². The third-order valence-electron chi connectivity index (χ3n) is 7.83. The van der Waals surface area contributed by atoms with Crippen LogP contribution in [0.4, 0.5) is 10.1 Å². The number of carbonyl (C=O) groups is 2. The minimum atomic E-state index is -0.818. The molecule has 1 aliphatic rings. The van der Waals surface area contributed by atoms with Crippen LogP contribution in [-0.2, 0) is 33.7 Å². The summed E-state index contributed by atoms with van der Waals surface area (Å²) in [6, 6.07) is 32.2. The number of benzene rings is 4. The van der Waals surface area contributed by atoms with Crippen molar-refractivity contribution in [3.63, 3.8) is 0 Å². The summed E-state index contributed by atoms with van der Waals surface area (Å²) in [5.74, 6) is -0.166. The monoisotopic (exact) mass is 609 g/mol. The molecular weight excluding hydrogens is 569 g/mol. The van der Waals surface area contributed by atoms with E-state index in [1.54, 1.807) is 17.0 Å². The molecule has 0 saturated carbocycles. The summed E-state index contributed by atoms with van der Waals surface area (Å²) in [4.78, 5) is 31.6. The van der Waals surface area contributed by atoms with Crippen LogP contribution in [0.25, 0.3) is 0 Å². The number of nitrogens with zero attached hydrogens (tertiary/aromatic N) is 2. The van der Waals surface area contributed by atoms with Crippen molar-refractivity contribution in [2.45, 2.75) is 31.8 Å². The second-order valence-corrected chi connectivity index (χ2v) is 11.1. The number of amides is 2. The molecule has 8 heteroatoms. The number of ether oxygens (including phenoxy) is 2. The van der Waals surface area contributed by atoms with E-state index >= 15 is 0 Å². The molecule has 4 aromatic rings. The summed E-state index contributed by atoms with van der Waals surface area (Å²) in [5.41, 5.74) is 3.38. The Morgan fingerprint density at radius 2 is 1.53 bits per heavy atom. The minimum Gasteiger partial charge on any atom is -0.492 e. The van der Waals surface area contributed by atoms with Crippen LogP contribution < -0.4 is 15.0 Å². The van der Waals surface area contributed by atoms with Gasteiger partial charge in [-0.3, -0.25) is 14.5 Å². The van der Waals surface area contributed by atoms with E-state index < -0.39 is 6.04 Å². The molecule has 45 heavy (non-hydrogen) atoms. The zero-order valence-electron chi connectivity index (χ0n) is 25.4. The Morgan fingerprint density at radius 3 is 2.24 bits per heavy atom. The summed E-state index contributed by atoms with van der Waals surface area (Å²) in [5, 5.41) is 3.03. The highest BCUT2D eigenvalue weighted by atomic mass is 19.1. The SMILES string of the molecule is O=C(CCc1ccccc1)N[C@@H](Cc1ccccc1)C(=O)N(Cc1ccc(F)cc1)c1cccc(OCCN2CCOCC2)c1. The Hall–Kier alpha value is -4.53. The van der Waals surface area contributed by atoms with Gasteiger partial charge in [0.2, 0.25) is 11.8 Å². The molecule has 1 atom stereocenters. The molecule has 5 rings (SSSR count). The Morgan fingerprint density at radius 1 is 0.844 bits per heavy atom. The highest BCUT2D eigenvalue weighted by molar-refractivity contribution is 5.99. The molecule has 1 heterocycles. The average molecular weight is 610 g/mol. The van der Waals surface area contributed by atoms with E-state index in [4.69, 9.17) is 9.47 Å². The Labute approximate surface area is 264 Å². The topological polar surface area (TPSA) is 71.1 Å². The van der Waals surface area contributed by atoms with E-state index in [2.05, 4.69) is 10.2 Å². The Bertz CT molecular complexity index is 1500. The van der Waals surface area contributed by atoms with Gasteiger partial charge in [0.15, 0.2) is 0 Å². The van der Waals surface area contributed by atoms with Crippen LogP contribution in [0.15, 0.2) is 109 Å². The summed E-state index contributed by atoms with van der Waals surface area (Å²) in [6.45, 7) is 4.68. The number of halogens is 1. The second-order valence-electron chi connectivity index (χ2n) is 11.1. The van der Waals surface area contributed by atoms with Gasteiger partial charge in [0, 0.05) is 44.2 Å². The predicted molar refractivity (Wildman–Crippen MR) is 174 cm³/mol. The molecule has 0 aliphatic carbocycles. The zero-order valence-corrected chi connectivity index (χ0v) is 25.4. The van der Waals surface area contributed by atoms with Gasteiger partial charge < -0.3 is 19.7 Å². The molecule has 0 spiro atoms. The van der Waals surface area contributed by atoms with E-state index in [-0.39, 0.29) is 30.6 Å². The summed E-state index contributed by atoms with van der Waals surface area (Å²) < 4.78 is 25.3. The van der Waals surface area contributed by atoms with Crippen LogP contribution >= 0.6 is 0 Å². The molecule has 0 unspecified atom stereocenters. The number of hydrogen-bond donors (Lipinski definition) is 1. The first-order valence-corrected chi connectivity index (χ1v) is 15.5. The van der Waals surface area contributed by atoms with Gasteiger partial charge >= 0.3 is 0 Å². The van der Waals surface area contributed by atoms with Gasteiger partial charge in [-0.25, -0.2) is 4.39 Å². The fourth-order valence-corrected chi connectivity index (χ4v) is 5.33. The number of carbonyl (C=O) groups excluding carboxylic acids is 2. The second kappa shape index (κ2) is 16.5. The molecular formula is C37H40FN3O4. The lowest BCUT2D eigenvalue weighted by Gasteiger charge is -2.29. The molecule has 7 nitrogen and oxygen atoms in total. The Balaban J connectivity index is 1.36. The van der Waals surface area contributed by atoms with Gasteiger partial charge in [-0.15, -0.1) is 0 Å². The molecule has 0 bridgehead atoms. The summed E-state index contributed by atoms with van der Waals surface area (Å²) in [7, 11) is 0. The maximum Gasteiger partial charge on any atom is 0.250 e. The van der Waals surface area contributed by atoms with Crippen molar-refractivity contribution in [2.75, 3.05) is 44.4 Å². The van der Waals surface area contributed by atoms with Crippen molar-refractivity contribution < 1.29 is 23.5 Å². The first-order valence-electron chi connectivity index (χ1n) is 15.5. The highest BCUT2D eigenvalue weighted by Gasteiger charge is 2.28. The fraction of sp³-hybridized carbons (Fsp3) is 0.297. The first-order chi connectivity index (χ1) is 22.0. The molecule has 2 amide bonds. The van der Waals surface area contributed by atoms with Crippen molar-refractivity contribution in [2.24, 2.45) is 0 Å². The van der Waals surface area contributed by atoms with E-state index in [9.17, 15) is 14.0 Å². The van der Waals surface area contributed by atoms with Gasteiger partial charge in [0.25, 0.3) is 0 Å². The largest absolute Gasteiger partial charge is 0.492 e. The van der Waals surface area contributed by atoms with E-state index in [0.717, 1.165) is 49.5 Å². The smallest absolute Gasteiger partial charge is 0.250 e. The summed E-state index contributed by atoms with van der Waals surface area (Å²) >= 11 is 0. The maximum absolute atomic E-state index is 14.4.